The fourth-order valence-corrected chi connectivity index (χ4v) is 4.57. The lowest BCUT2D eigenvalue weighted by Crippen LogP contribution is -2.41. The fourth-order valence-electron chi connectivity index (χ4n) is 4.57. The Balaban J connectivity index is 1.66. The SMILES string of the molecule is COCC(=O)N1CCCC[C@@H]1c1nc(C)c2c(n1)N(Cc1cccc(F)c1)CCC2. The minimum Gasteiger partial charge on any atom is -0.375 e. The van der Waals surface area contributed by atoms with E-state index in [1.807, 2.05) is 17.9 Å². The number of methoxy groups -OCH3 is 1. The average molecular weight is 413 g/mol. The van der Waals surface area contributed by atoms with Crippen molar-refractivity contribution in [1.29, 1.82) is 0 Å². The molecule has 2 aliphatic heterocycles. The van der Waals surface area contributed by atoms with E-state index in [4.69, 9.17) is 14.7 Å². The molecule has 0 bridgehead atoms. The predicted octanol–water partition coefficient (Wildman–Crippen LogP) is 3.58. The maximum atomic E-state index is 13.7. The summed E-state index contributed by atoms with van der Waals surface area (Å²) in [4.78, 5) is 26.5. The van der Waals surface area contributed by atoms with Gasteiger partial charge in [-0.3, -0.25) is 4.79 Å². The van der Waals surface area contributed by atoms with E-state index < -0.39 is 0 Å². The van der Waals surface area contributed by atoms with Gasteiger partial charge in [-0.25, -0.2) is 14.4 Å². The zero-order valence-electron chi connectivity index (χ0n) is 17.7. The van der Waals surface area contributed by atoms with Crippen LogP contribution in [0.15, 0.2) is 24.3 Å². The Morgan fingerprint density at radius 1 is 1.23 bits per heavy atom. The van der Waals surface area contributed by atoms with E-state index in [-0.39, 0.29) is 24.4 Å². The maximum Gasteiger partial charge on any atom is 0.249 e. The summed E-state index contributed by atoms with van der Waals surface area (Å²) in [6, 6.07) is 6.61. The molecule has 0 aliphatic carbocycles. The largest absolute Gasteiger partial charge is 0.375 e. The first kappa shape index (κ1) is 20.7. The number of amides is 1. The average Bonchev–Trinajstić information content (AvgIpc) is 2.74. The monoisotopic (exact) mass is 412 g/mol. The second-order valence-corrected chi connectivity index (χ2v) is 8.16. The zero-order chi connectivity index (χ0) is 21.1. The number of benzene rings is 1. The van der Waals surface area contributed by atoms with Gasteiger partial charge in [-0.1, -0.05) is 12.1 Å². The molecule has 0 N–H and O–H groups in total. The molecule has 7 heteroatoms. The highest BCUT2D eigenvalue weighted by molar-refractivity contribution is 5.78. The minimum absolute atomic E-state index is 0.0159. The molecule has 1 aromatic heterocycles. The van der Waals surface area contributed by atoms with Crippen LogP contribution in [0.4, 0.5) is 10.2 Å². The number of nitrogens with zero attached hydrogens (tertiary/aromatic N) is 4. The lowest BCUT2D eigenvalue weighted by molar-refractivity contribution is -0.139. The van der Waals surface area contributed by atoms with Crippen molar-refractivity contribution in [3.05, 3.63) is 52.7 Å². The summed E-state index contributed by atoms with van der Waals surface area (Å²) in [5, 5.41) is 0. The lowest BCUT2D eigenvalue weighted by Gasteiger charge is -2.36. The van der Waals surface area contributed by atoms with Gasteiger partial charge in [-0.2, -0.15) is 0 Å². The standard InChI is InChI=1S/C23H29FN4O2/c1-16-19-9-6-11-27(14-17-7-5-8-18(24)13-17)23(19)26-22(25-16)20-10-3-4-12-28(20)21(29)15-30-2/h5,7-8,13,20H,3-4,6,9-12,14-15H2,1-2H3/t20-/m1/s1. The van der Waals surface area contributed by atoms with Crippen molar-refractivity contribution in [1.82, 2.24) is 14.9 Å². The van der Waals surface area contributed by atoms with Crippen LogP contribution in [-0.4, -0.2) is 47.6 Å². The van der Waals surface area contributed by atoms with Crippen LogP contribution in [-0.2, 0) is 22.5 Å². The Labute approximate surface area is 177 Å². The van der Waals surface area contributed by atoms with Crippen molar-refractivity contribution in [2.24, 2.45) is 0 Å². The van der Waals surface area contributed by atoms with Crippen molar-refractivity contribution in [2.75, 3.05) is 31.7 Å². The Morgan fingerprint density at radius 3 is 2.90 bits per heavy atom. The maximum absolute atomic E-state index is 13.7. The van der Waals surface area contributed by atoms with E-state index in [1.165, 1.54) is 6.07 Å². The van der Waals surface area contributed by atoms with Crippen LogP contribution in [0.2, 0.25) is 0 Å². The molecule has 4 rings (SSSR count). The second-order valence-electron chi connectivity index (χ2n) is 8.16. The zero-order valence-corrected chi connectivity index (χ0v) is 17.7. The number of halogens is 1. The summed E-state index contributed by atoms with van der Waals surface area (Å²) in [7, 11) is 1.54. The second kappa shape index (κ2) is 9.08. The van der Waals surface area contributed by atoms with Gasteiger partial charge < -0.3 is 14.5 Å². The van der Waals surface area contributed by atoms with E-state index in [9.17, 15) is 9.18 Å². The molecule has 1 amide bonds. The molecule has 30 heavy (non-hydrogen) atoms. The van der Waals surface area contributed by atoms with Crippen LogP contribution in [0.1, 0.15) is 54.4 Å². The van der Waals surface area contributed by atoms with Gasteiger partial charge in [0.05, 0.1) is 6.04 Å². The highest BCUT2D eigenvalue weighted by Gasteiger charge is 2.32. The molecular weight excluding hydrogens is 383 g/mol. The van der Waals surface area contributed by atoms with Crippen molar-refractivity contribution in [3.8, 4) is 0 Å². The molecule has 6 nitrogen and oxygen atoms in total. The van der Waals surface area contributed by atoms with E-state index in [2.05, 4.69) is 4.90 Å². The third-order valence-corrected chi connectivity index (χ3v) is 6.02. The number of aryl methyl sites for hydroxylation is 1. The number of piperidine rings is 1. The van der Waals surface area contributed by atoms with Crippen molar-refractivity contribution in [2.45, 2.75) is 51.6 Å². The summed E-state index contributed by atoms with van der Waals surface area (Å²) in [6.45, 7) is 4.29. The fraction of sp³-hybridized carbons (Fsp3) is 0.522. The number of anilines is 1. The van der Waals surface area contributed by atoms with Gasteiger partial charge in [0, 0.05) is 38.0 Å². The Bertz CT molecular complexity index is 920. The van der Waals surface area contributed by atoms with Crippen molar-refractivity contribution in [3.63, 3.8) is 0 Å². The van der Waals surface area contributed by atoms with Gasteiger partial charge in [0.2, 0.25) is 5.91 Å². The molecule has 3 heterocycles. The topological polar surface area (TPSA) is 58.6 Å². The van der Waals surface area contributed by atoms with Gasteiger partial charge in [0.15, 0.2) is 5.82 Å². The van der Waals surface area contributed by atoms with E-state index in [1.54, 1.807) is 19.2 Å². The molecule has 0 saturated carbocycles. The van der Waals surface area contributed by atoms with Crippen LogP contribution in [0.3, 0.4) is 0 Å². The smallest absolute Gasteiger partial charge is 0.249 e. The van der Waals surface area contributed by atoms with Crippen LogP contribution < -0.4 is 4.90 Å². The number of hydrogen-bond acceptors (Lipinski definition) is 5. The van der Waals surface area contributed by atoms with Gasteiger partial charge in [0.1, 0.15) is 18.2 Å². The predicted molar refractivity (Wildman–Crippen MR) is 113 cm³/mol. The van der Waals surface area contributed by atoms with Crippen LogP contribution in [0.5, 0.6) is 0 Å². The quantitative estimate of drug-likeness (QED) is 0.751. The van der Waals surface area contributed by atoms with E-state index >= 15 is 0 Å². The van der Waals surface area contributed by atoms with Crippen LogP contribution >= 0.6 is 0 Å². The summed E-state index contributed by atoms with van der Waals surface area (Å²) >= 11 is 0. The third-order valence-electron chi connectivity index (χ3n) is 6.02. The summed E-state index contributed by atoms with van der Waals surface area (Å²) in [5.74, 6) is 1.40. The van der Waals surface area contributed by atoms with Crippen LogP contribution in [0.25, 0.3) is 0 Å². The molecule has 1 atom stereocenters. The molecule has 0 spiro atoms. The first-order valence-corrected chi connectivity index (χ1v) is 10.7. The number of rotatable bonds is 5. The van der Waals surface area contributed by atoms with E-state index in [0.717, 1.165) is 61.3 Å². The summed E-state index contributed by atoms with van der Waals surface area (Å²) in [6.07, 6.45) is 4.86. The number of aromatic nitrogens is 2. The minimum atomic E-state index is -0.223. The van der Waals surface area contributed by atoms with Crippen molar-refractivity contribution < 1.29 is 13.9 Å². The molecule has 0 unspecified atom stereocenters. The Morgan fingerprint density at radius 2 is 2.10 bits per heavy atom. The molecule has 1 aromatic carbocycles. The van der Waals surface area contributed by atoms with Gasteiger partial charge in [0.25, 0.3) is 0 Å². The number of ether oxygens (including phenoxy) is 1. The number of hydrogen-bond donors (Lipinski definition) is 0. The molecule has 1 saturated heterocycles. The number of carbonyl (C=O) groups is 1. The molecule has 160 valence electrons. The Kier molecular flexibility index (Phi) is 6.27. The van der Waals surface area contributed by atoms with Gasteiger partial charge >= 0.3 is 0 Å². The van der Waals surface area contributed by atoms with Crippen molar-refractivity contribution >= 4 is 11.7 Å². The van der Waals surface area contributed by atoms with Crippen LogP contribution in [0, 0.1) is 12.7 Å². The number of likely N-dealkylation sites (tertiary alicyclic amines) is 1. The summed E-state index contributed by atoms with van der Waals surface area (Å²) in [5.41, 5.74) is 3.06. The molecule has 0 radical (unpaired) electrons. The first-order chi connectivity index (χ1) is 14.6. The normalized spacial score (nSPS) is 19.0. The number of carbonyl (C=O) groups excluding carboxylic acids is 1. The Hall–Kier alpha value is -2.54. The molecule has 1 fully saturated rings. The summed E-state index contributed by atoms with van der Waals surface area (Å²) < 4.78 is 18.8. The first-order valence-electron chi connectivity index (χ1n) is 10.7. The number of fused-ring (bicyclic) bond motifs is 1. The lowest BCUT2D eigenvalue weighted by atomic mass is 9.99. The molecule has 2 aromatic rings. The molecular formula is C23H29FN4O2. The molecule has 2 aliphatic rings. The van der Waals surface area contributed by atoms with Gasteiger partial charge in [-0.05, 0) is 56.7 Å². The highest BCUT2D eigenvalue weighted by Crippen LogP contribution is 2.34. The van der Waals surface area contributed by atoms with E-state index in [0.29, 0.717) is 18.9 Å². The highest BCUT2D eigenvalue weighted by atomic mass is 19.1. The van der Waals surface area contributed by atoms with Gasteiger partial charge in [-0.15, -0.1) is 0 Å². The third kappa shape index (κ3) is 4.31.